The van der Waals surface area contributed by atoms with Crippen LogP contribution in [0.3, 0.4) is 0 Å². The van der Waals surface area contributed by atoms with E-state index < -0.39 is 5.91 Å². The topological polar surface area (TPSA) is 83.0 Å². The Hall–Kier alpha value is -2.77. The Labute approximate surface area is 179 Å². The van der Waals surface area contributed by atoms with Crippen molar-refractivity contribution in [3.63, 3.8) is 0 Å². The summed E-state index contributed by atoms with van der Waals surface area (Å²) >= 11 is 11.8. The first-order valence-electron chi connectivity index (χ1n) is 8.71. The fourth-order valence-electron chi connectivity index (χ4n) is 2.25. The second-order valence-electron chi connectivity index (χ2n) is 6.41. The van der Waals surface area contributed by atoms with Gasteiger partial charge in [0.25, 0.3) is 5.91 Å². The normalized spacial score (nSPS) is 11.0. The number of nitrogens with one attached hydrogen (secondary N) is 2. The summed E-state index contributed by atoms with van der Waals surface area (Å²) < 4.78 is 5.32. The lowest BCUT2D eigenvalue weighted by atomic mass is 10.2. The maximum Gasteiger partial charge on any atom is 0.277 e. The first-order chi connectivity index (χ1) is 13.7. The van der Waals surface area contributed by atoms with Gasteiger partial charge in [0.15, 0.2) is 6.61 Å². The molecule has 29 heavy (non-hydrogen) atoms. The first-order valence-corrected chi connectivity index (χ1v) is 9.47. The van der Waals surface area contributed by atoms with E-state index in [1.54, 1.807) is 19.1 Å². The predicted molar refractivity (Wildman–Crippen MR) is 117 cm³/mol. The van der Waals surface area contributed by atoms with Crippen LogP contribution in [-0.4, -0.2) is 38.2 Å². The highest BCUT2D eigenvalue weighted by Crippen LogP contribution is 2.27. The van der Waals surface area contributed by atoms with E-state index in [0.29, 0.717) is 27.2 Å². The van der Waals surface area contributed by atoms with Crippen molar-refractivity contribution in [2.24, 2.45) is 5.10 Å². The summed E-state index contributed by atoms with van der Waals surface area (Å²) in [5, 5.41) is 7.47. The molecule has 0 aliphatic rings. The Morgan fingerprint density at radius 2 is 1.76 bits per heavy atom. The van der Waals surface area contributed by atoms with Gasteiger partial charge >= 0.3 is 0 Å². The number of amides is 2. The van der Waals surface area contributed by atoms with Gasteiger partial charge in [-0.05, 0) is 49.4 Å². The Kier molecular flexibility index (Phi) is 8.30. The van der Waals surface area contributed by atoms with E-state index in [4.69, 9.17) is 27.9 Å². The summed E-state index contributed by atoms with van der Waals surface area (Å²) in [5.74, 6) is -0.371. The van der Waals surface area contributed by atoms with E-state index in [9.17, 15) is 9.59 Å². The molecule has 2 aromatic rings. The second kappa shape index (κ2) is 10.7. The lowest BCUT2D eigenvalue weighted by Gasteiger charge is -2.13. The summed E-state index contributed by atoms with van der Waals surface area (Å²) in [4.78, 5) is 25.9. The number of anilines is 2. The third-order valence-corrected chi connectivity index (χ3v) is 4.24. The molecule has 2 N–H and O–H groups in total. The number of carbonyl (C=O) groups excluding carboxylic acids is 2. The average Bonchev–Trinajstić information content (AvgIpc) is 2.66. The molecule has 154 valence electrons. The second-order valence-corrected chi connectivity index (χ2v) is 7.26. The number of hydrazone groups is 1. The lowest BCUT2D eigenvalue weighted by molar-refractivity contribution is -0.123. The molecular formula is C20H22Cl2N4O3. The number of benzene rings is 2. The first kappa shape index (κ1) is 22.5. The monoisotopic (exact) mass is 436 g/mol. The molecule has 0 bridgehead atoms. The summed E-state index contributed by atoms with van der Waals surface area (Å²) in [7, 11) is 3.88. The Morgan fingerprint density at radius 1 is 1.07 bits per heavy atom. The largest absolute Gasteiger partial charge is 0.482 e. The standard InChI is InChI=1S/C20H22Cl2N4O3/c1-13(10-19(27)23-15-5-7-16(8-6-15)26(2)3)24-25-20(28)12-29-18-9-4-14(21)11-17(18)22/h4-9,11H,10,12H2,1-3H3,(H,23,27)(H,25,28)/b24-13+. The molecule has 0 atom stereocenters. The molecule has 0 spiro atoms. The van der Waals surface area contributed by atoms with Crippen LogP contribution in [0.1, 0.15) is 13.3 Å². The number of carbonyl (C=O) groups is 2. The smallest absolute Gasteiger partial charge is 0.277 e. The lowest BCUT2D eigenvalue weighted by Crippen LogP contribution is -2.26. The van der Waals surface area contributed by atoms with Gasteiger partial charge in [-0.3, -0.25) is 9.59 Å². The van der Waals surface area contributed by atoms with Crippen molar-refractivity contribution in [1.82, 2.24) is 5.43 Å². The molecule has 9 heteroatoms. The minimum absolute atomic E-state index is 0.0413. The van der Waals surface area contributed by atoms with Gasteiger partial charge < -0.3 is 15.0 Å². The van der Waals surface area contributed by atoms with E-state index in [1.807, 2.05) is 43.3 Å². The van der Waals surface area contributed by atoms with Gasteiger partial charge in [-0.25, -0.2) is 5.43 Å². The third kappa shape index (κ3) is 7.63. The summed E-state index contributed by atoms with van der Waals surface area (Å²) in [5.41, 5.74) is 4.51. The summed E-state index contributed by atoms with van der Waals surface area (Å²) in [6.07, 6.45) is 0.0413. The highest BCUT2D eigenvalue weighted by Gasteiger charge is 2.08. The van der Waals surface area contributed by atoms with Crippen LogP contribution in [0, 0.1) is 0 Å². The maximum atomic E-state index is 12.1. The van der Waals surface area contributed by atoms with Crippen LogP contribution in [0.5, 0.6) is 5.75 Å². The van der Waals surface area contributed by atoms with E-state index in [2.05, 4.69) is 15.8 Å². The molecular weight excluding hydrogens is 415 g/mol. The number of hydrogen-bond acceptors (Lipinski definition) is 5. The van der Waals surface area contributed by atoms with Crippen LogP contribution in [0.25, 0.3) is 0 Å². The molecule has 0 heterocycles. The molecule has 0 aliphatic heterocycles. The van der Waals surface area contributed by atoms with Crippen molar-refractivity contribution in [3.05, 3.63) is 52.5 Å². The maximum absolute atomic E-state index is 12.1. The van der Waals surface area contributed by atoms with E-state index in [1.165, 1.54) is 6.07 Å². The summed E-state index contributed by atoms with van der Waals surface area (Å²) in [6.45, 7) is 1.37. The zero-order valence-electron chi connectivity index (χ0n) is 16.3. The number of ether oxygens (including phenoxy) is 1. The predicted octanol–water partition coefficient (Wildman–Crippen LogP) is 3.96. The molecule has 0 unspecified atom stereocenters. The minimum Gasteiger partial charge on any atom is -0.482 e. The highest BCUT2D eigenvalue weighted by atomic mass is 35.5. The van der Waals surface area contributed by atoms with Gasteiger partial charge in [0.1, 0.15) is 5.75 Å². The SMILES string of the molecule is C/C(CC(=O)Nc1ccc(N(C)C)cc1)=N\NC(=O)COc1ccc(Cl)cc1Cl. The van der Waals surface area contributed by atoms with Gasteiger partial charge in [-0.15, -0.1) is 0 Å². The van der Waals surface area contributed by atoms with Crippen LogP contribution < -0.4 is 20.4 Å². The molecule has 2 rings (SSSR count). The fraction of sp³-hybridized carbons (Fsp3) is 0.250. The van der Waals surface area contributed by atoms with Gasteiger partial charge in [0.05, 0.1) is 11.4 Å². The average molecular weight is 437 g/mol. The van der Waals surface area contributed by atoms with Crippen molar-refractivity contribution in [2.75, 3.05) is 30.9 Å². The number of hydrogen-bond donors (Lipinski definition) is 2. The fourth-order valence-corrected chi connectivity index (χ4v) is 2.71. The van der Waals surface area contributed by atoms with E-state index in [-0.39, 0.29) is 18.9 Å². The molecule has 0 fully saturated rings. The van der Waals surface area contributed by atoms with Gasteiger partial charge in [0.2, 0.25) is 5.91 Å². The molecule has 0 saturated heterocycles. The van der Waals surface area contributed by atoms with Crippen molar-refractivity contribution in [2.45, 2.75) is 13.3 Å². The van der Waals surface area contributed by atoms with Crippen molar-refractivity contribution >= 4 is 52.1 Å². The zero-order chi connectivity index (χ0) is 21.4. The van der Waals surface area contributed by atoms with Crippen molar-refractivity contribution in [1.29, 1.82) is 0 Å². The molecule has 2 aromatic carbocycles. The van der Waals surface area contributed by atoms with Crippen molar-refractivity contribution < 1.29 is 14.3 Å². The van der Waals surface area contributed by atoms with Crippen molar-refractivity contribution in [3.8, 4) is 5.75 Å². The highest BCUT2D eigenvalue weighted by molar-refractivity contribution is 6.35. The molecule has 7 nitrogen and oxygen atoms in total. The van der Waals surface area contributed by atoms with Crippen LogP contribution in [0.2, 0.25) is 10.0 Å². The van der Waals surface area contributed by atoms with Crippen LogP contribution in [0.15, 0.2) is 47.6 Å². The van der Waals surface area contributed by atoms with Gasteiger partial charge in [-0.2, -0.15) is 5.10 Å². The molecule has 0 radical (unpaired) electrons. The van der Waals surface area contributed by atoms with E-state index in [0.717, 1.165) is 5.69 Å². The molecule has 0 aliphatic carbocycles. The zero-order valence-corrected chi connectivity index (χ0v) is 17.8. The number of rotatable bonds is 8. The van der Waals surface area contributed by atoms with Gasteiger partial charge in [-0.1, -0.05) is 23.2 Å². The number of halogens is 2. The Bertz CT molecular complexity index is 899. The van der Waals surface area contributed by atoms with Crippen LogP contribution >= 0.6 is 23.2 Å². The quantitative estimate of drug-likeness (QED) is 0.484. The molecule has 2 amide bonds. The third-order valence-electron chi connectivity index (χ3n) is 3.71. The minimum atomic E-state index is -0.477. The Morgan fingerprint density at radius 3 is 2.38 bits per heavy atom. The van der Waals surface area contributed by atoms with Gasteiger partial charge in [0, 0.05) is 36.2 Å². The molecule has 0 aromatic heterocycles. The van der Waals surface area contributed by atoms with Crippen LogP contribution in [-0.2, 0) is 9.59 Å². The summed E-state index contributed by atoms with van der Waals surface area (Å²) in [6, 6.07) is 12.2. The molecule has 0 saturated carbocycles. The van der Waals surface area contributed by atoms with E-state index >= 15 is 0 Å². The number of nitrogens with zero attached hydrogens (tertiary/aromatic N) is 2. The Balaban J connectivity index is 1.78. The van der Waals surface area contributed by atoms with Crippen LogP contribution in [0.4, 0.5) is 11.4 Å².